The Labute approximate surface area is 169 Å². The van der Waals surface area contributed by atoms with Gasteiger partial charge < -0.3 is 9.72 Å². The summed E-state index contributed by atoms with van der Waals surface area (Å²) in [6, 6.07) is 0. The van der Waals surface area contributed by atoms with Crippen LogP contribution in [0.2, 0.25) is 5.02 Å². The molecule has 154 valence electrons. The minimum Gasteiger partial charge on any atom is -0.464 e. The van der Waals surface area contributed by atoms with Gasteiger partial charge in [-0.05, 0) is 6.42 Å². The van der Waals surface area contributed by atoms with E-state index in [-0.39, 0.29) is 16.5 Å². The van der Waals surface area contributed by atoms with E-state index in [1.165, 1.54) is 83.9 Å². The summed E-state index contributed by atoms with van der Waals surface area (Å²) in [5, 5.41) is 0.168. The number of aromatic amines is 1. The molecular weight excluding hydrogens is 362 g/mol. The average Bonchev–Trinajstić information content (AvgIpc) is 3.06. The molecule has 0 aromatic carbocycles. The monoisotopic (exact) mass is 397 g/mol. The Morgan fingerprint density at radius 3 is 1.85 bits per heavy atom. The van der Waals surface area contributed by atoms with Crippen molar-refractivity contribution in [3.8, 4) is 0 Å². The summed E-state index contributed by atoms with van der Waals surface area (Å²) in [6.45, 7) is 2.26. The van der Waals surface area contributed by atoms with Crippen LogP contribution in [0.3, 0.4) is 0 Å². The highest BCUT2D eigenvalue weighted by Gasteiger charge is 2.20. The molecular formula is C22H36ClNO3. The van der Waals surface area contributed by atoms with Crippen molar-refractivity contribution in [1.82, 2.24) is 4.98 Å². The smallest absolute Gasteiger partial charge is 0.356 e. The SMILES string of the molecule is CCCCCCCCCCCCCCCC(=O)c1c[nH]c(C(=O)OC)c1Cl. The van der Waals surface area contributed by atoms with Crippen molar-refractivity contribution in [2.75, 3.05) is 7.11 Å². The van der Waals surface area contributed by atoms with Gasteiger partial charge in [-0.25, -0.2) is 4.79 Å². The molecule has 0 aliphatic heterocycles. The summed E-state index contributed by atoms with van der Waals surface area (Å²) >= 11 is 6.10. The van der Waals surface area contributed by atoms with Gasteiger partial charge in [0.15, 0.2) is 5.78 Å². The molecule has 0 fully saturated rings. The largest absolute Gasteiger partial charge is 0.464 e. The second kappa shape index (κ2) is 14.7. The van der Waals surface area contributed by atoms with E-state index >= 15 is 0 Å². The van der Waals surface area contributed by atoms with Gasteiger partial charge in [0.05, 0.1) is 17.7 Å². The molecule has 0 saturated carbocycles. The molecule has 0 aliphatic rings. The van der Waals surface area contributed by atoms with E-state index in [0.29, 0.717) is 12.0 Å². The van der Waals surface area contributed by atoms with Gasteiger partial charge in [-0.2, -0.15) is 0 Å². The molecule has 4 nitrogen and oxygen atoms in total. The van der Waals surface area contributed by atoms with E-state index in [2.05, 4.69) is 16.6 Å². The van der Waals surface area contributed by atoms with Crippen molar-refractivity contribution in [3.05, 3.63) is 22.5 Å². The molecule has 0 spiro atoms. The Hall–Kier alpha value is -1.29. The third kappa shape index (κ3) is 9.46. The number of carbonyl (C=O) groups excluding carboxylic acids is 2. The first kappa shape index (κ1) is 23.7. The van der Waals surface area contributed by atoms with Gasteiger partial charge in [0.25, 0.3) is 0 Å². The Morgan fingerprint density at radius 2 is 1.37 bits per heavy atom. The zero-order valence-electron chi connectivity index (χ0n) is 17.1. The van der Waals surface area contributed by atoms with E-state index < -0.39 is 5.97 Å². The van der Waals surface area contributed by atoms with Crippen LogP contribution in [-0.2, 0) is 4.74 Å². The van der Waals surface area contributed by atoms with Crippen molar-refractivity contribution in [2.45, 2.75) is 96.8 Å². The lowest BCUT2D eigenvalue weighted by molar-refractivity contribution is 0.0595. The lowest BCUT2D eigenvalue weighted by atomic mass is 10.0. The summed E-state index contributed by atoms with van der Waals surface area (Å²) in [6.07, 6.45) is 18.6. The maximum atomic E-state index is 12.2. The number of methoxy groups -OCH3 is 1. The van der Waals surface area contributed by atoms with Crippen molar-refractivity contribution in [1.29, 1.82) is 0 Å². The lowest BCUT2D eigenvalue weighted by Crippen LogP contribution is -2.03. The number of nitrogens with one attached hydrogen (secondary N) is 1. The highest BCUT2D eigenvalue weighted by Crippen LogP contribution is 2.23. The number of ketones is 1. The summed E-state index contributed by atoms with van der Waals surface area (Å²) < 4.78 is 4.63. The number of Topliss-reactive ketones (excluding diaryl/α,β-unsaturated/α-hetero) is 1. The standard InChI is InChI=1S/C22H36ClNO3/c1-3-4-5-6-7-8-9-10-11-12-13-14-15-16-19(25)18-17-24-21(20(18)23)22(26)27-2/h17,24H,3-16H2,1-2H3. The lowest BCUT2D eigenvalue weighted by Gasteiger charge is -2.03. The van der Waals surface area contributed by atoms with E-state index in [9.17, 15) is 9.59 Å². The van der Waals surface area contributed by atoms with Gasteiger partial charge >= 0.3 is 5.97 Å². The number of halogens is 1. The van der Waals surface area contributed by atoms with Crippen LogP contribution in [0.5, 0.6) is 0 Å². The van der Waals surface area contributed by atoms with Gasteiger partial charge in [-0.3, -0.25) is 4.79 Å². The van der Waals surface area contributed by atoms with Gasteiger partial charge in [0.1, 0.15) is 5.69 Å². The van der Waals surface area contributed by atoms with Crippen molar-refractivity contribution < 1.29 is 14.3 Å². The van der Waals surface area contributed by atoms with E-state index in [4.69, 9.17) is 11.6 Å². The number of hydrogen-bond acceptors (Lipinski definition) is 3. The van der Waals surface area contributed by atoms with E-state index in [1.54, 1.807) is 0 Å². The number of esters is 1. The first-order chi connectivity index (χ1) is 13.1. The molecule has 1 N–H and O–H groups in total. The maximum Gasteiger partial charge on any atom is 0.356 e. The predicted octanol–water partition coefficient (Wildman–Crippen LogP) is 7.12. The number of H-pyrrole nitrogens is 1. The zero-order chi connectivity index (χ0) is 19.9. The van der Waals surface area contributed by atoms with Crippen molar-refractivity contribution >= 4 is 23.4 Å². The third-order valence-electron chi connectivity index (χ3n) is 5.01. The number of rotatable bonds is 16. The highest BCUT2D eigenvalue weighted by atomic mass is 35.5. The summed E-state index contributed by atoms with van der Waals surface area (Å²) in [5.41, 5.74) is 0.531. The molecule has 27 heavy (non-hydrogen) atoms. The molecule has 0 saturated heterocycles. The van der Waals surface area contributed by atoms with Crippen LogP contribution in [-0.4, -0.2) is 23.8 Å². The number of unbranched alkanes of at least 4 members (excludes halogenated alkanes) is 12. The minimum atomic E-state index is -0.556. The molecule has 1 aromatic rings. The molecule has 0 amide bonds. The van der Waals surface area contributed by atoms with E-state index in [1.807, 2.05) is 0 Å². The van der Waals surface area contributed by atoms with Crippen LogP contribution < -0.4 is 0 Å². The fraction of sp³-hybridized carbons (Fsp3) is 0.727. The molecule has 0 radical (unpaired) electrons. The van der Waals surface area contributed by atoms with Gasteiger partial charge in [0.2, 0.25) is 0 Å². The summed E-state index contributed by atoms with van der Waals surface area (Å²) in [4.78, 5) is 26.5. The molecule has 1 aromatic heterocycles. The van der Waals surface area contributed by atoms with Crippen LogP contribution in [0, 0.1) is 0 Å². The molecule has 0 aliphatic carbocycles. The number of aromatic nitrogens is 1. The van der Waals surface area contributed by atoms with Gasteiger partial charge in [-0.1, -0.05) is 95.6 Å². The molecule has 1 heterocycles. The second-order valence-electron chi connectivity index (χ2n) is 7.30. The number of carbonyl (C=O) groups is 2. The Kier molecular flexibility index (Phi) is 13.0. The Bertz CT molecular complexity index is 554. The molecule has 0 unspecified atom stereocenters. The topological polar surface area (TPSA) is 59.2 Å². The van der Waals surface area contributed by atoms with Crippen molar-refractivity contribution in [3.63, 3.8) is 0 Å². The first-order valence-corrected chi connectivity index (χ1v) is 11.0. The number of ether oxygens (including phenoxy) is 1. The fourth-order valence-electron chi connectivity index (χ4n) is 3.30. The first-order valence-electron chi connectivity index (χ1n) is 10.6. The Morgan fingerprint density at radius 1 is 0.889 bits per heavy atom. The van der Waals surface area contributed by atoms with Gasteiger partial charge in [-0.15, -0.1) is 0 Å². The summed E-state index contributed by atoms with van der Waals surface area (Å²) in [7, 11) is 1.29. The minimum absolute atomic E-state index is 0.0190. The van der Waals surface area contributed by atoms with Crippen LogP contribution in [0.25, 0.3) is 0 Å². The van der Waals surface area contributed by atoms with Gasteiger partial charge in [0, 0.05) is 12.6 Å². The fourth-order valence-corrected chi connectivity index (χ4v) is 3.59. The normalized spacial score (nSPS) is 10.9. The average molecular weight is 398 g/mol. The predicted molar refractivity (Wildman–Crippen MR) is 112 cm³/mol. The second-order valence-corrected chi connectivity index (χ2v) is 7.68. The van der Waals surface area contributed by atoms with Crippen LogP contribution >= 0.6 is 11.6 Å². The molecule has 5 heteroatoms. The number of hydrogen-bond donors (Lipinski definition) is 1. The molecule has 0 bridgehead atoms. The van der Waals surface area contributed by atoms with Crippen molar-refractivity contribution in [2.24, 2.45) is 0 Å². The van der Waals surface area contributed by atoms with Crippen LogP contribution in [0.4, 0.5) is 0 Å². The van der Waals surface area contributed by atoms with Crippen LogP contribution in [0.1, 0.15) is 118 Å². The van der Waals surface area contributed by atoms with Crippen LogP contribution in [0.15, 0.2) is 6.20 Å². The highest BCUT2D eigenvalue weighted by molar-refractivity contribution is 6.36. The zero-order valence-corrected chi connectivity index (χ0v) is 17.8. The van der Waals surface area contributed by atoms with E-state index in [0.717, 1.165) is 12.8 Å². The third-order valence-corrected chi connectivity index (χ3v) is 5.41. The Balaban J connectivity index is 2.03. The maximum absolute atomic E-state index is 12.2. The molecule has 1 rings (SSSR count). The quantitative estimate of drug-likeness (QED) is 0.183. The summed E-state index contributed by atoms with van der Waals surface area (Å²) in [5.74, 6) is -0.575. The molecule has 0 atom stereocenters.